The van der Waals surface area contributed by atoms with Gasteiger partial charge in [-0.3, -0.25) is 4.79 Å². The number of nitrogens with zero attached hydrogens (tertiary/aromatic N) is 1. The highest BCUT2D eigenvalue weighted by Crippen LogP contribution is 2.29. The Hall–Kier alpha value is -2.61. The van der Waals surface area contributed by atoms with Gasteiger partial charge in [-0.15, -0.1) is 11.3 Å². The molecule has 0 spiro atoms. The molecule has 0 amide bonds. The maximum Gasteiger partial charge on any atom is 0.421 e. The molecule has 1 aromatic carbocycles. The number of pyridine rings is 1. The summed E-state index contributed by atoms with van der Waals surface area (Å²) in [5, 5.41) is 1.69. The molecule has 0 saturated carbocycles. The molecular formula is C18H15F3N2O2S. The van der Waals surface area contributed by atoms with Gasteiger partial charge in [0.2, 0.25) is 0 Å². The maximum atomic E-state index is 13.1. The van der Waals surface area contributed by atoms with Crippen molar-refractivity contribution >= 4 is 11.3 Å². The molecule has 3 rings (SSSR count). The van der Waals surface area contributed by atoms with Crippen LogP contribution in [0.1, 0.15) is 16.7 Å². The Morgan fingerprint density at radius 1 is 1.23 bits per heavy atom. The summed E-state index contributed by atoms with van der Waals surface area (Å²) in [6, 6.07) is 7.21. The number of aromatic nitrogens is 2. The number of hydrogen-bond donors (Lipinski definition) is 1. The first-order chi connectivity index (χ1) is 12.4. The molecule has 0 bridgehead atoms. The van der Waals surface area contributed by atoms with E-state index in [1.165, 1.54) is 18.4 Å². The number of nitrogens with one attached hydrogen (secondary N) is 1. The number of H-pyrrole nitrogens is 1. The van der Waals surface area contributed by atoms with E-state index < -0.39 is 17.2 Å². The Morgan fingerprint density at radius 3 is 2.65 bits per heavy atom. The van der Waals surface area contributed by atoms with E-state index >= 15 is 0 Å². The van der Waals surface area contributed by atoms with Crippen LogP contribution in [-0.2, 0) is 19.0 Å². The molecule has 1 N–H and O–H groups in total. The third kappa shape index (κ3) is 3.65. The third-order valence-corrected chi connectivity index (χ3v) is 4.60. The summed E-state index contributed by atoms with van der Waals surface area (Å²) in [5.41, 5.74) is 0.998. The minimum Gasteiger partial charge on any atom is -0.496 e. The molecule has 0 fully saturated rings. The first-order valence-corrected chi connectivity index (χ1v) is 8.68. The number of thiazole rings is 1. The van der Waals surface area contributed by atoms with Gasteiger partial charge in [0.25, 0.3) is 0 Å². The lowest BCUT2D eigenvalue weighted by Crippen LogP contribution is -2.24. The zero-order chi connectivity index (χ0) is 18.7. The van der Waals surface area contributed by atoms with Crippen LogP contribution in [0.15, 0.2) is 46.1 Å². The van der Waals surface area contributed by atoms with Gasteiger partial charge in [-0.2, -0.15) is 13.2 Å². The van der Waals surface area contributed by atoms with Gasteiger partial charge in [0.15, 0.2) is 5.43 Å². The van der Waals surface area contributed by atoms with Crippen LogP contribution < -0.4 is 10.2 Å². The average molecular weight is 380 g/mol. The first-order valence-electron chi connectivity index (χ1n) is 7.74. The molecule has 0 aliphatic carbocycles. The van der Waals surface area contributed by atoms with Crippen molar-refractivity contribution in [1.29, 1.82) is 0 Å². The van der Waals surface area contributed by atoms with E-state index in [2.05, 4.69) is 9.97 Å². The number of ether oxygens (including phenoxy) is 1. The second kappa shape index (κ2) is 7.33. The molecule has 4 nitrogen and oxygen atoms in total. The highest BCUT2D eigenvalue weighted by molar-refractivity contribution is 7.07. The predicted molar refractivity (Wildman–Crippen MR) is 93.6 cm³/mol. The summed E-state index contributed by atoms with van der Waals surface area (Å²) in [6.07, 6.45) is -3.50. The van der Waals surface area contributed by atoms with Crippen LogP contribution in [0.2, 0.25) is 0 Å². The molecule has 3 aromatic rings. The molecule has 2 aromatic heterocycles. The van der Waals surface area contributed by atoms with Crippen molar-refractivity contribution < 1.29 is 17.9 Å². The van der Waals surface area contributed by atoms with E-state index in [4.69, 9.17) is 4.74 Å². The van der Waals surface area contributed by atoms with E-state index in [9.17, 15) is 18.0 Å². The fourth-order valence-corrected chi connectivity index (χ4v) is 3.30. The number of aryl methyl sites for hydroxylation is 1. The van der Waals surface area contributed by atoms with Crippen LogP contribution >= 0.6 is 11.3 Å². The summed E-state index contributed by atoms with van der Waals surface area (Å²) >= 11 is 1.30. The molecule has 8 heteroatoms. The molecule has 26 heavy (non-hydrogen) atoms. The molecule has 0 unspecified atom stereocenters. The number of benzene rings is 1. The Morgan fingerprint density at radius 2 is 2.00 bits per heavy atom. The van der Waals surface area contributed by atoms with E-state index in [0.717, 1.165) is 5.56 Å². The van der Waals surface area contributed by atoms with Crippen molar-refractivity contribution in [2.24, 2.45) is 0 Å². The van der Waals surface area contributed by atoms with Gasteiger partial charge in [0.1, 0.15) is 11.3 Å². The molecule has 136 valence electrons. The third-order valence-electron chi connectivity index (χ3n) is 4.01. The van der Waals surface area contributed by atoms with Crippen LogP contribution in [0.25, 0.3) is 11.4 Å². The monoisotopic (exact) mass is 380 g/mol. The van der Waals surface area contributed by atoms with Crippen molar-refractivity contribution in [3.8, 4) is 17.1 Å². The molecule has 0 atom stereocenters. The van der Waals surface area contributed by atoms with Gasteiger partial charge >= 0.3 is 6.18 Å². The summed E-state index contributed by atoms with van der Waals surface area (Å²) < 4.78 is 44.7. The number of alkyl halides is 3. The maximum absolute atomic E-state index is 13.1. The second-order valence-corrected chi connectivity index (χ2v) is 6.29. The summed E-state index contributed by atoms with van der Waals surface area (Å²) in [6.45, 7) is 0. The smallest absolute Gasteiger partial charge is 0.421 e. The number of halogens is 3. The van der Waals surface area contributed by atoms with Crippen molar-refractivity contribution in [2.75, 3.05) is 7.11 Å². The number of methoxy groups -OCH3 is 1. The molecule has 0 aliphatic rings. The zero-order valence-corrected chi connectivity index (χ0v) is 14.6. The second-order valence-electron chi connectivity index (χ2n) is 5.57. The highest BCUT2D eigenvalue weighted by Gasteiger charge is 2.35. The summed E-state index contributed by atoms with van der Waals surface area (Å²) in [7, 11) is 1.52. The SMILES string of the molecule is COc1ccccc1CCc1c(-c2cscn2)[nH]cc(C(F)(F)F)c1=O. The largest absolute Gasteiger partial charge is 0.496 e. The van der Waals surface area contributed by atoms with E-state index in [1.54, 1.807) is 23.0 Å². The summed E-state index contributed by atoms with van der Waals surface area (Å²) in [4.78, 5) is 19.2. The standard InChI is InChI=1S/C18H15F3N2O2S/c1-25-15-5-3-2-4-11(15)6-7-12-16(14-9-26-10-23-14)22-8-13(17(12)24)18(19,20)21/h2-5,8-10H,6-7H2,1H3,(H,22,24). The zero-order valence-electron chi connectivity index (χ0n) is 13.8. The lowest BCUT2D eigenvalue weighted by atomic mass is 9.99. The number of aromatic amines is 1. The Bertz CT molecular complexity index is 950. The van der Waals surface area contributed by atoms with Crippen molar-refractivity contribution in [3.63, 3.8) is 0 Å². The summed E-state index contributed by atoms with van der Waals surface area (Å²) in [5.74, 6) is 0.631. The van der Waals surface area contributed by atoms with Gasteiger partial charge in [-0.25, -0.2) is 4.98 Å². The Balaban J connectivity index is 2.04. The molecule has 0 saturated heterocycles. The van der Waals surface area contributed by atoms with Crippen LogP contribution in [-0.4, -0.2) is 17.1 Å². The fraction of sp³-hybridized carbons (Fsp3) is 0.222. The molecule has 2 heterocycles. The van der Waals surface area contributed by atoms with E-state index in [-0.39, 0.29) is 12.0 Å². The fourth-order valence-electron chi connectivity index (χ4n) is 2.76. The topological polar surface area (TPSA) is 55.0 Å². The Labute approximate surface area is 151 Å². The van der Waals surface area contributed by atoms with Crippen LogP contribution in [0, 0.1) is 0 Å². The Kier molecular flexibility index (Phi) is 5.13. The van der Waals surface area contributed by atoms with Gasteiger partial charge in [0, 0.05) is 17.1 Å². The highest BCUT2D eigenvalue weighted by atomic mass is 32.1. The number of hydrogen-bond acceptors (Lipinski definition) is 4. The normalized spacial score (nSPS) is 11.5. The van der Waals surface area contributed by atoms with Crippen molar-refractivity contribution in [1.82, 2.24) is 9.97 Å². The van der Waals surface area contributed by atoms with Gasteiger partial charge < -0.3 is 9.72 Å². The lowest BCUT2D eigenvalue weighted by molar-refractivity contribution is -0.138. The van der Waals surface area contributed by atoms with Gasteiger partial charge in [-0.1, -0.05) is 18.2 Å². The van der Waals surface area contributed by atoms with E-state index in [1.807, 2.05) is 12.1 Å². The van der Waals surface area contributed by atoms with Crippen LogP contribution in [0.5, 0.6) is 5.75 Å². The lowest BCUT2D eigenvalue weighted by Gasteiger charge is -2.13. The van der Waals surface area contributed by atoms with Gasteiger partial charge in [0.05, 0.1) is 24.0 Å². The quantitative estimate of drug-likeness (QED) is 0.718. The number of rotatable bonds is 5. The van der Waals surface area contributed by atoms with Crippen molar-refractivity contribution in [3.05, 3.63) is 68.3 Å². The molecule has 0 aliphatic heterocycles. The van der Waals surface area contributed by atoms with Crippen LogP contribution in [0.4, 0.5) is 13.2 Å². The minimum atomic E-state index is -4.71. The van der Waals surface area contributed by atoms with E-state index in [0.29, 0.717) is 29.8 Å². The predicted octanol–water partition coefficient (Wildman–Crippen LogP) is 4.31. The number of para-hydroxylation sites is 1. The molecule has 0 radical (unpaired) electrons. The molecular weight excluding hydrogens is 365 g/mol. The van der Waals surface area contributed by atoms with Gasteiger partial charge in [-0.05, 0) is 24.5 Å². The minimum absolute atomic E-state index is 0.0663. The van der Waals surface area contributed by atoms with Crippen LogP contribution in [0.3, 0.4) is 0 Å². The average Bonchev–Trinajstić information content (AvgIpc) is 3.14. The van der Waals surface area contributed by atoms with Crippen molar-refractivity contribution in [2.45, 2.75) is 19.0 Å². The first kappa shape index (κ1) is 18.2.